The second-order valence-corrected chi connectivity index (χ2v) is 31.0. The van der Waals surface area contributed by atoms with Gasteiger partial charge in [-0.15, -0.1) is 0 Å². The van der Waals surface area contributed by atoms with E-state index in [9.17, 15) is 29.7 Å². The third kappa shape index (κ3) is 6.62. The minimum Gasteiger partial charge on any atom is -0.481 e. The van der Waals surface area contributed by atoms with Crippen molar-refractivity contribution in [2.24, 2.45) is 213 Å². The summed E-state index contributed by atoms with van der Waals surface area (Å²) in [6, 6.07) is 0. The van der Waals surface area contributed by atoms with Crippen molar-refractivity contribution in [1.29, 1.82) is 0 Å². The molecule has 0 aromatic rings. The topological polar surface area (TPSA) is 166 Å². The van der Waals surface area contributed by atoms with E-state index >= 15 is 4.79 Å². The van der Waals surface area contributed by atoms with Gasteiger partial charge in [0.15, 0.2) is 13.6 Å². The van der Waals surface area contributed by atoms with Crippen LogP contribution in [0.15, 0.2) is 0 Å². The van der Waals surface area contributed by atoms with Crippen LogP contribution in [0, 0.1) is 213 Å². The van der Waals surface area contributed by atoms with Crippen molar-refractivity contribution in [3.8, 4) is 0 Å². The number of aliphatic hydroxyl groups is 1. The van der Waals surface area contributed by atoms with Gasteiger partial charge in [-0.1, -0.05) is 27.7 Å². The lowest BCUT2D eigenvalue weighted by Crippen LogP contribution is -2.55. The fourth-order valence-corrected chi connectivity index (χ4v) is 28.3. The number of carbonyl (C=O) groups is 4. The Hall–Kier alpha value is -2.24. The summed E-state index contributed by atoms with van der Waals surface area (Å²) in [5.41, 5.74) is 0. The number of fused-ring (bicyclic) bond motifs is 31. The summed E-state index contributed by atoms with van der Waals surface area (Å²) in [7, 11) is 0. The van der Waals surface area contributed by atoms with Gasteiger partial charge in [0.05, 0.1) is 43.0 Å². The highest BCUT2D eigenvalue weighted by Gasteiger charge is 2.78. The Labute approximate surface area is 445 Å². The standard InChI is InChI=1S/C64H90O11/c1-24-28-5-7-30(9-28)46(24)20-72-22-74-63(70)39-14-33-12-37(39)56-44-19-43(52(33)56)59(57(44)49-26(3)35-17-41(49)53-34-15-40(54(35)53)48(65)16-34)60-45-18-42(51-32-11-36(55(45)51)38(13-32)62(68)69)58(60)50(27(4)61(66)67)64(71)75-23-73-21-47-25(2)29-6-8-31(47)10-29/h24-60,65H,5-23H2,1-4H3,(H,66,67)(H,68,69). The molecule has 412 valence electrons. The lowest BCUT2D eigenvalue weighted by Gasteiger charge is -2.57. The largest absolute Gasteiger partial charge is 0.481 e. The average molecular weight is 1040 g/mol. The second-order valence-electron chi connectivity index (χ2n) is 31.0. The van der Waals surface area contributed by atoms with Gasteiger partial charge < -0.3 is 34.3 Å². The maximum absolute atomic E-state index is 15.2. The first-order valence-electron chi connectivity index (χ1n) is 31.9. The number of aliphatic carboxylic acids is 2. The summed E-state index contributed by atoms with van der Waals surface area (Å²) in [5, 5.41) is 33.2. The highest BCUT2D eigenvalue weighted by Crippen LogP contribution is 2.82. The molecule has 0 amide bonds. The molecular formula is C64H90O11. The van der Waals surface area contributed by atoms with E-state index in [1.165, 1.54) is 57.8 Å². The maximum Gasteiger partial charge on any atom is 0.312 e. The van der Waals surface area contributed by atoms with Gasteiger partial charge in [0.2, 0.25) is 0 Å². The normalized spacial score (nSPS) is 59.1. The van der Waals surface area contributed by atoms with E-state index in [0.717, 1.165) is 49.9 Å². The van der Waals surface area contributed by atoms with Crippen LogP contribution in [0.5, 0.6) is 0 Å². The zero-order valence-corrected chi connectivity index (χ0v) is 45.4. The van der Waals surface area contributed by atoms with Crippen molar-refractivity contribution in [2.75, 3.05) is 26.8 Å². The first kappa shape index (κ1) is 48.6. The number of hydrogen-bond acceptors (Lipinski definition) is 9. The summed E-state index contributed by atoms with van der Waals surface area (Å²) in [6.45, 7) is 10.3. The smallest absolute Gasteiger partial charge is 0.312 e. The fraction of sp³-hybridized carbons (Fsp3) is 0.938. The van der Waals surface area contributed by atoms with Crippen LogP contribution in [0.2, 0.25) is 0 Å². The number of ether oxygens (including phenoxy) is 4. The van der Waals surface area contributed by atoms with E-state index < -0.39 is 23.8 Å². The molecule has 16 rings (SSSR count). The molecule has 0 aromatic heterocycles. The molecule has 16 saturated carbocycles. The number of carboxylic acid groups (broad SMARTS) is 2. The van der Waals surface area contributed by atoms with Gasteiger partial charge in [-0.2, -0.15) is 0 Å². The molecule has 37 unspecified atom stereocenters. The third-order valence-corrected chi connectivity index (χ3v) is 30.0. The highest BCUT2D eigenvalue weighted by atomic mass is 16.7. The summed E-state index contributed by atoms with van der Waals surface area (Å²) in [5.74, 6) is 11.0. The Balaban J connectivity index is 0.727. The molecule has 0 radical (unpaired) electrons. The summed E-state index contributed by atoms with van der Waals surface area (Å²) >= 11 is 0. The van der Waals surface area contributed by atoms with E-state index in [1.807, 2.05) is 0 Å². The van der Waals surface area contributed by atoms with Gasteiger partial charge in [0.25, 0.3) is 0 Å². The minimum atomic E-state index is -0.932. The molecule has 16 aliphatic carbocycles. The first-order chi connectivity index (χ1) is 36.3. The number of carboxylic acids is 2. The summed E-state index contributed by atoms with van der Waals surface area (Å²) in [4.78, 5) is 56.3. The quantitative estimate of drug-likeness (QED) is 0.0583. The second kappa shape index (κ2) is 17.4. The van der Waals surface area contributed by atoms with Crippen LogP contribution in [-0.2, 0) is 38.1 Å². The van der Waals surface area contributed by atoms with E-state index in [4.69, 9.17) is 18.9 Å². The number of carbonyl (C=O) groups excluding carboxylic acids is 2. The lowest BCUT2D eigenvalue weighted by molar-refractivity contribution is -0.178. The molecule has 11 nitrogen and oxygen atoms in total. The predicted molar refractivity (Wildman–Crippen MR) is 273 cm³/mol. The SMILES string of the molecule is CC(C(=O)O)C(C(=O)OCOCC1C2CCC(C2)C1C)C1C2CC(C3C4CC(CC4C(=O)O)C23)C1C1C2CC(C3C4CC(CC4C(=O)OCOCC4C5CCC(C5)C4C)C23)C1C1C(C)C2CC1C1C3CC(O)C(C3)C21. The van der Waals surface area contributed by atoms with Crippen LogP contribution in [0.4, 0.5) is 0 Å². The van der Waals surface area contributed by atoms with Gasteiger partial charge in [-0.3, -0.25) is 19.2 Å². The minimum absolute atomic E-state index is 0.0454. The molecule has 16 aliphatic rings. The van der Waals surface area contributed by atoms with Gasteiger partial charge in [-0.25, -0.2) is 0 Å². The molecule has 16 fully saturated rings. The van der Waals surface area contributed by atoms with Gasteiger partial charge in [0.1, 0.15) is 0 Å². The molecule has 16 bridgehead atoms. The third-order valence-electron chi connectivity index (χ3n) is 30.0. The van der Waals surface area contributed by atoms with E-state index in [2.05, 4.69) is 20.8 Å². The zero-order chi connectivity index (χ0) is 50.9. The van der Waals surface area contributed by atoms with Crippen molar-refractivity contribution < 1.29 is 53.4 Å². The van der Waals surface area contributed by atoms with Crippen LogP contribution in [0.25, 0.3) is 0 Å². The molecule has 0 heterocycles. The van der Waals surface area contributed by atoms with Crippen molar-refractivity contribution in [1.82, 2.24) is 0 Å². The summed E-state index contributed by atoms with van der Waals surface area (Å²) < 4.78 is 24.9. The van der Waals surface area contributed by atoms with E-state index in [0.29, 0.717) is 162 Å². The van der Waals surface area contributed by atoms with Crippen molar-refractivity contribution in [3.63, 3.8) is 0 Å². The number of rotatable bonds is 16. The van der Waals surface area contributed by atoms with Gasteiger partial charge >= 0.3 is 23.9 Å². The molecule has 11 heteroatoms. The van der Waals surface area contributed by atoms with Crippen LogP contribution in [0.3, 0.4) is 0 Å². The summed E-state index contributed by atoms with van der Waals surface area (Å²) in [6.07, 6.45) is 16.9. The van der Waals surface area contributed by atoms with Crippen LogP contribution in [0.1, 0.15) is 124 Å². The van der Waals surface area contributed by atoms with Crippen molar-refractivity contribution in [3.05, 3.63) is 0 Å². The van der Waals surface area contributed by atoms with Gasteiger partial charge in [-0.05, 0) is 286 Å². The number of esters is 2. The Morgan fingerprint density at radius 1 is 0.453 bits per heavy atom. The molecule has 0 saturated heterocycles. The van der Waals surface area contributed by atoms with Crippen LogP contribution in [-0.4, -0.2) is 72.1 Å². The molecule has 3 N–H and O–H groups in total. The molecule has 0 aromatic carbocycles. The Kier molecular flexibility index (Phi) is 11.3. The van der Waals surface area contributed by atoms with Crippen LogP contribution < -0.4 is 0 Å². The first-order valence-corrected chi connectivity index (χ1v) is 31.9. The Bertz CT molecular complexity index is 2330. The van der Waals surface area contributed by atoms with Gasteiger partial charge in [0, 0.05) is 0 Å². The Morgan fingerprint density at radius 3 is 1.57 bits per heavy atom. The Morgan fingerprint density at radius 2 is 0.947 bits per heavy atom. The van der Waals surface area contributed by atoms with E-state index in [1.54, 1.807) is 6.92 Å². The molecular weight excluding hydrogens is 945 g/mol. The molecule has 37 atom stereocenters. The van der Waals surface area contributed by atoms with Crippen LogP contribution >= 0.6 is 0 Å². The molecule has 0 spiro atoms. The number of hydrogen-bond donors (Lipinski definition) is 3. The lowest BCUT2D eigenvalue weighted by atomic mass is 9.47. The monoisotopic (exact) mass is 1030 g/mol. The zero-order valence-electron chi connectivity index (χ0n) is 45.4. The maximum atomic E-state index is 15.2. The number of aliphatic hydroxyl groups excluding tert-OH is 1. The molecule has 75 heavy (non-hydrogen) atoms. The fourth-order valence-electron chi connectivity index (χ4n) is 28.3. The predicted octanol–water partition coefficient (Wildman–Crippen LogP) is 9.88. The van der Waals surface area contributed by atoms with Crippen molar-refractivity contribution in [2.45, 2.75) is 130 Å². The van der Waals surface area contributed by atoms with E-state index in [-0.39, 0.29) is 73.1 Å². The van der Waals surface area contributed by atoms with Crippen molar-refractivity contribution >= 4 is 23.9 Å². The molecule has 0 aliphatic heterocycles. The highest BCUT2D eigenvalue weighted by molar-refractivity contribution is 5.81. The average Bonchev–Trinajstić information content (AvgIpc) is 4.42.